The van der Waals surface area contributed by atoms with Gasteiger partial charge in [0.25, 0.3) is 0 Å². The van der Waals surface area contributed by atoms with E-state index in [2.05, 4.69) is 5.16 Å². The molecular weight excluding hydrogens is 200 g/mol. The summed E-state index contributed by atoms with van der Waals surface area (Å²) < 4.78 is 0. The Kier molecular flexibility index (Phi) is 4.43. The third-order valence-corrected chi connectivity index (χ3v) is 1.92. The predicted octanol–water partition coefficient (Wildman–Crippen LogP) is 2.04. The predicted molar refractivity (Wildman–Crippen MR) is 58.7 cm³/mol. The second-order valence-corrected chi connectivity index (χ2v) is 3.24. The summed E-state index contributed by atoms with van der Waals surface area (Å²) in [4.78, 5) is 4.96. The van der Waals surface area contributed by atoms with Crippen molar-refractivity contribution < 1.29 is 4.84 Å². The van der Waals surface area contributed by atoms with Gasteiger partial charge in [-0.25, -0.2) is 0 Å². The van der Waals surface area contributed by atoms with Gasteiger partial charge in [0.2, 0.25) is 0 Å². The third-order valence-electron chi connectivity index (χ3n) is 1.67. The van der Waals surface area contributed by atoms with Crippen molar-refractivity contribution in [1.82, 2.24) is 0 Å². The van der Waals surface area contributed by atoms with E-state index in [1.54, 1.807) is 0 Å². The van der Waals surface area contributed by atoms with Crippen molar-refractivity contribution in [2.24, 2.45) is 10.9 Å². The van der Waals surface area contributed by atoms with Crippen molar-refractivity contribution in [2.75, 3.05) is 13.2 Å². The molecule has 4 heteroatoms. The van der Waals surface area contributed by atoms with Gasteiger partial charge in [-0.1, -0.05) is 28.9 Å². The number of rotatable bonds is 4. The fourth-order valence-electron chi connectivity index (χ4n) is 0.939. The minimum Gasteiger partial charge on any atom is -0.394 e. The van der Waals surface area contributed by atoms with Gasteiger partial charge in [-0.3, -0.25) is 0 Å². The van der Waals surface area contributed by atoms with E-state index in [1.165, 1.54) is 0 Å². The lowest BCUT2D eigenvalue weighted by Gasteiger charge is -2.01. The summed E-state index contributed by atoms with van der Waals surface area (Å²) in [6, 6.07) is 7.43. The van der Waals surface area contributed by atoms with Gasteiger partial charge < -0.3 is 10.6 Å². The molecule has 1 aromatic carbocycles. The van der Waals surface area contributed by atoms with Crippen LogP contribution in [0.4, 0.5) is 0 Å². The Morgan fingerprint density at radius 3 is 2.64 bits per heavy atom. The quantitative estimate of drug-likeness (QED) is 0.472. The van der Waals surface area contributed by atoms with E-state index in [9.17, 15) is 0 Å². The summed E-state index contributed by atoms with van der Waals surface area (Å²) in [7, 11) is 0. The van der Waals surface area contributed by atoms with Crippen LogP contribution in [-0.2, 0) is 4.84 Å². The fourth-order valence-corrected chi connectivity index (χ4v) is 1.06. The van der Waals surface area contributed by atoms with E-state index in [0.717, 1.165) is 11.3 Å². The molecule has 0 atom stereocenters. The Morgan fingerprint density at radius 2 is 2.07 bits per heavy atom. The highest BCUT2D eigenvalue weighted by Gasteiger charge is 1.97. The van der Waals surface area contributed by atoms with Crippen LogP contribution in [0.1, 0.15) is 12.5 Å². The first-order valence-corrected chi connectivity index (χ1v) is 4.74. The average molecular weight is 213 g/mol. The lowest BCUT2D eigenvalue weighted by Crippen LogP contribution is -2.06. The zero-order chi connectivity index (χ0) is 10.4. The van der Waals surface area contributed by atoms with Crippen LogP contribution in [-0.4, -0.2) is 18.9 Å². The molecule has 0 saturated heterocycles. The van der Waals surface area contributed by atoms with Crippen molar-refractivity contribution in [3.05, 3.63) is 34.9 Å². The molecule has 0 fully saturated rings. The highest BCUT2D eigenvalue weighted by Crippen LogP contribution is 2.10. The summed E-state index contributed by atoms with van der Waals surface area (Å²) in [6.45, 7) is 2.78. The van der Waals surface area contributed by atoms with Crippen LogP contribution in [0.2, 0.25) is 5.02 Å². The molecule has 2 N–H and O–H groups in total. The molecule has 0 unspecified atom stereocenters. The standard InChI is InChI=1S/C10H13ClN2O/c1-8(13-14-7-6-12)9-2-4-10(11)5-3-9/h2-5H,6-7,12H2,1H3. The largest absolute Gasteiger partial charge is 0.394 e. The van der Waals surface area contributed by atoms with Crippen molar-refractivity contribution >= 4 is 17.3 Å². The zero-order valence-corrected chi connectivity index (χ0v) is 8.79. The third kappa shape index (κ3) is 3.36. The second kappa shape index (κ2) is 5.62. The average Bonchev–Trinajstić information content (AvgIpc) is 2.19. The molecule has 1 rings (SSSR count). The van der Waals surface area contributed by atoms with E-state index in [0.29, 0.717) is 18.2 Å². The highest BCUT2D eigenvalue weighted by atomic mass is 35.5. The summed E-state index contributed by atoms with van der Waals surface area (Å²) in [6.07, 6.45) is 0. The molecule has 0 amide bonds. The molecule has 0 aliphatic rings. The summed E-state index contributed by atoms with van der Waals surface area (Å²) in [5.74, 6) is 0. The number of nitrogens with two attached hydrogens (primary N) is 1. The Bertz CT molecular complexity index is 308. The van der Waals surface area contributed by atoms with Crippen molar-refractivity contribution in [3.63, 3.8) is 0 Å². The van der Waals surface area contributed by atoms with Gasteiger partial charge in [0.15, 0.2) is 0 Å². The van der Waals surface area contributed by atoms with Crippen molar-refractivity contribution in [3.8, 4) is 0 Å². The molecule has 3 nitrogen and oxygen atoms in total. The molecule has 0 spiro atoms. The van der Waals surface area contributed by atoms with Crippen LogP contribution < -0.4 is 5.73 Å². The van der Waals surface area contributed by atoms with Crippen LogP contribution in [0, 0.1) is 0 Å². The topological polar surface area (TPSA) is 47.6 Å². The Labute approximate surface area is 88.5 Å². The van der Waals surface area contributed by atoms with Crippen molar-refractivity contribution in [2.45, 2.75) is 6.92 Å². The summed E-state index contributed by atoms with van der Waals surface area (Å²) >= 11 is 5.76. The Hall–Kier alpha value is -1.06. The van der Waals surface area contributed by atoms with E-state index < -0.39 is 0 Å². The number of hydrogen-bond acceptors (Lipinski definition) is 3. The van der Waals surface area contributed by atoms with Gasteiger partial charge in [0.05, 0.1) is 5.71 Å². The lowest BCUT2D eigenvalue weighted by molar-refractivity contribution is 0.152. The smallest absolute Gasteiger partial charge is 0.129 e. The van der Waals surface area contributed by atoms with Gasteiger partial charge in [-0.05, 0) is 24.6 Å². The first-order valence-electron chi connectivity index (χ1n) is 4.36. The van der Waals surface area contributed by atoms with Crippen LogP contribution in [0.5, 0.6) is 0 Å². The molecule has 76 valence electrons. The van der Waals surface area contributed by atoms with Crippen LogP contribution in [0.15, 0.2) is 29.4 Å². The first kappa shape index (κ1) is 11.0. The molecule has 14 heavy (non-hydrogen) atoms. The molecule has 0 saturated carbocycles. The van der Waals surface area contributed by atoms with Gasteiger partial charge >= 0.3 is 0 Å². The minimum atomic E-state index is 0.435. The minimum absolute atomic E-state index is 0.435. The molecule has 0 aliphatic carbocycles. The number of benzene rings is 1. The van der Waals surface area contributed by atoms with Gasteiger partial charge in [0.1, 0.15) is 6.61 Å². The Balaban J connectivity index is 2.64. The first-order chi connectivity index (χ1) is 6.74. The maximum atomic E-state index is 5.76. The summed E-state index contributed by atoms with van der Waals surface area (Å²) in [5.41, 5.74) is 7.07. The monoisotopic (exact) mass is 212 g/mol. The number of halogens is 1. The van der Waals surface area contributed by atoms with E-state index in [-0.39, 0.29) is 0 Å². The Morgan fingerprint density at radius 1 is 1.43 bits per heavy atom. The molecular formula is C10H13ClN2O. The van der Waals surface area contributed by atoms with E-state index >= 15 is 0 Å². The van der Waals surface area contributed by atoms with Crippen LogP contribution in [0.3, 0.4) is 0 Å². The van der Waals surface area contributed by atoms with Crippen LogP contribution in [0.25, 0.3) is 0 Å². The van der Waals surface area contributed by atoms with Gasteiger partial charge in [0, 0.05) is 11.6 Å². The molecule has 0 heterocycles. The van der Waals surface area contributed by atoms with Gasteiger partial charge in [-0.15, -0.1) is 0 Å². The second-order valence-electron chi connectivity index (χ2n) is 2.81. The summed E-state index contributed by atoms with van der Waals surface area (Å²) in [5, 5.41) is 4.62. The van der Waals surface area contributed by atoms with Crippen LogP contribution >= 0.6 is 11.6 Å². The van der Waals surface area contributed by atoms with E-state index in [4.69, 9.17) is 22.2 Å². The maximum Gasteiger partial charge on any atom is 0.129 e. The molecule has 0 aromatic heterocycles. The maximum absolute atomic E-state index is 5.76. The van der Waals surface area contributed by atoms with E-state index in [1.807, 2.05) is 31.2 Å². The number of nitrogens with zero attached hydrogens (tertiary/aromatic N) is 1. The lowest BCUT2D eigenvalue weighted by atomic mass is 10.1. The molecule has 0 bridgehead atoms. The van der Waals surface area contributed by atoms with Gasteiger partial charge in [-0.2, -0.15) is 0 Å². The highest BCUT2D eigenvalue weighted by molar-refractivity contribution is 6.30. The SMILES string of the molecule is CC(=NOCCN)c1ccc(Cl)cc1. The molecule has 1 aromatic rings. The number of hydrogen-bond donors (Lipinski definition) is 1. The zero-order valence-electron chi connectivity index (χ0n) is 8.03. The fraction of sp³-hybridized carbons (Fsp3) is 0.300. The van der Waals surface area contributed by atoms with Crippen molar-refractivity contribution in [1.29, 1.82) is 0 Å². The number of oxime groups is 1. The normalized spacial score (nSPS) is 11.5. The molecule has 0 aliphatic heterocycles. The molecule has 0 radical (unpaired) electrons.